The summed E-state index contributed by atoms with van der Waals surface area (Å²) in [5, 5.41) is 0. The van der Waals surface area contributed by atoms with Gasteiger partial charge in [0, 0.05) is 6.42 Å². The van der Waals surface area contributed by atoms with Gasteiger partial charge in [-0.15, -0.1) is 0 Å². The molecule has 0 radical (unpaired) electrons. The van der Waals surface area contributed by atoms with E-state index in [1.54, 1.807) is 13.8 Å². The van der Waals surface area contributed by atoms with Crippen LogP contribution >= 0.6 is 23.5 Å². The maximum absolute atomic E-state index is 14.2. The average Bonchev–Trinajstić information content (AvgIpc) is 3.21. The first kappa shape index (κ1) is 35.0. The van der Waals surface area contributed by atoms with Crippen molar-refractivity contribution >= 4 is 23.5 Å². The van der Waals surface area contributed by atoms with Gasteiger partial charge in [-0.25, -0.2) is 13.7 Å². The molecule has 0 N–H and O–H groups in total. The first-order chi connectivity index (χ1) is 24.0. The molecule has 1 saturated heterocycles. The van der Waals surface area contributed by atoms with Gasteiger partial charge in [-0.05, 0) is 47.2 Å². The Morgan fingerprint density at radius 1 is 0.500 bits per heavy atom. The van der Waals surface area contributed by atoms with Crippen molar-refractivity contribution < 1.29 is 63.9 Å². The standard InChI is InChI=1S/C33H37O14P3/c1-33(2)43-30-28(45-48(34)37-16-22-9-3-4-10-23(22)17-38-48)15-29(46-49(35)39-18-24-11-5-6-12-25(24)19-40-49)31(32(30)44-33)47-50(36)41-20-26-13-7-8-14-27(26)21-42-50/h3-14,28-32H,15-21H2,1-2H3/t28-,29+,30-,31-,32-/m0/s1. The minimum atomic E-state index is -4.31. The number of hydrogen-bond donors (Lipinski definition) is 0. The lowest BCUT2D eigenvalue weighted by Crippen LogP contribution is -2.56. The number of phosphoric acid groups is 3. The van der Waals surface area contributed by atoms with Gasteiger partial charge in [-0.2, -0.15) is 0 Å². The molecule has 0 unspecified atom stereocenters. The van der Waals surface area contributed by atoms with Gasteiger partial charge in [-0.1, -0.05) is 72.8 Å². The third kappa shape index (κ3) is 7.39. The Bertz CT molecular complexity index is 1790. The van der Waals surface area contributed by atoms with Crippen LogP contribution in [-0.4, -0.2) is 36.3 Å². The van der Waals surface area contributed by atoms with Gasteiger partial charge in [0.05, 0.1) is 39.6 Å². The molecule has 1 saturated carbocycles. The van der Waals surface area contributed by atoms with Crippen LogP contribution in [0.25, 0.3) is 0 Å². The molecule has 5 aliphatic rings. The number of benzene rings is 3. The Labute approximate surface area is 289 Å². The molecule has 4 heterocycles. The lowest BCUT2D eigenvalue weighted by molar-refractivity contribution is -0.158. The molecule has 8 rings (SSSR count). The summed E-state index contributed by atoms with van der Waals surface area (Å²) in [6, 6.07) is 22.1. The molecule has 0 bridgehead atoms. The van der Waals surface area contributed by atoms with Crippen LogP contribution in [-0.2, 0) is 104 Å². The lowest BCUT2D eigenvalue weighted by atomic mass is 9.87. The average molecular weight is 751 g/mol. The van der Waals surface area contributed by atoms with E-state index in [4.69, 9.17) is 50.2 Å². The van der Waals surface area contributed by atoms with Crippen molar-refractivity contribution in [2.75, 3.05) is 0 Å². The Morgan fingerprint density at radius 3 is 1.20 bits per heavy atom. The molecular weight excluding hydrogens is 713 g/mol. The fraction of sp³-hybridized carbons (Fsp3) is 0.455. The van der Waals surface area contributed by atoms with E-state index in [0.717, 1.165) is 33.4 Å². The summed E-state index contributed by atoms with van der Waals surface area (Å²) < 4.78 is 108. The molecule has 5 atom stereocenters. The zero-order valence-electron chi connectivity index (χ0n) is 27.3. The Kier molecular flexibility index (Phi) is 9.59. The molecule has 268 valence electrons. The van der Waals surface area contributed by atoms with Crippen LogP contribution in [0, 0.1) is 0 Å². The minimum absolute atomic E-state index is 0.0134. The lowest BCUT2D eigenvalue weighted by Gasteiger charge is -2.42. The summed E-state index contributed by atoms with van der Waals surface area (Å²) in [5.74, 6) is -1.21. The van der Waals surface area contributed by atoms with Crippen LogP contribution in [0.5, 0.6) is 0 Å². The Hall–Kier alpha value is -2.09. The molecule has 0 aromatic heterocycles. The topological polar surface area (TPSA) is 153 Å². The van der Waals surface area contributed by atoms with E-state index in [2.05, 4.69) is 0 Å². The molecule has 1 aliphatic carbocycles. The van der Waals surface area contributed by atoms with Crippen LogP contribution in [0.15, 0.2) is 72.8 Å². The van der Waals surface area contributed by atoms with Crippen molar-refractivity contribution in [3.63, 3.8) is 0 Å². The fourth-order valence-corrected chi connectivity index (χ4v) is 10.6. The summed E-state index contributed by atoms with van der Waals surface area (Å²) >= 11 is 0. The van der Waals surface area contributed by atoms with Crippen LogP contribution in [0.2, 0.25) is 0 Å². The number of fused-ring (bicyclic) bond motifs is 4. The number of hydrogen-bond acceptors (Lipinski definition) is 14. The van der Waals surface area contributed by atoms with Crippen LogP contribution in [0.3, 0.4) is 0 Å². The van der Waals surface area contributed by atoms with Gasteiger partial charge >= 0.3 is 23.5 Å². The highest BCUT2D eigenvalue weighted by Crippen LogP contribution is 2.62. The summed E-state index contributed by atoms with van der Waals surface area (Å²) in [6.07, 6.45) is -5.82. The third-order valence-electron chi connectivity index (χ3n) is 9.09. The van der Waals surface area contributed by atoms with Crippen molar-refractivity contribution in [3.05, 3.63) is 106 Å². The molecule has 17 heteroatoms. The second kappa shape index (κ2) is 13.7. The van der Waals surface area contributed by atoms with Crippen LogP contribution in [0.4, 0.5) is 0 Å². The third-order valence-corrected chi connectivity index (χ3v) is 13.3. The smallest absolute Gasteiger partial charge is 0.342 e. The predicted octanol–water partition coefficient (Wildman–Crippen LogP) is 7.63. The molecule has 4 aliphatic heterocycles. The summed E-state index contributed by atoms with van der Waals surface area (Å²) in [7, 11) is -12.8. The van der Waals surface area contributed by atoms with E-state index in [-0.39, 0.29) is 46.1 Å². The van der Waals surface area contributed by atoms with E-state index in [0.29, 0.717) is 0 Å². The molecule has 3 aromatic rings. The summed E-state index contributed by atoms with van der Waals surface area (Å²) in [5.41, 5.74) is 4.77. The van der Waals surface area contributed by atoms with Crippen LogP contribution in [0.1, 0.15) is 53.6 Å². The summed E-state index contributed by atoms with van der Waals surface area (Å²) in [6.45, 7) is 3.15. The summed E-state index contributed by atoms with van der Waals surface area (Å²) in [4.78, 5) is 0. The zero-order chi connectivity index (χ0) is 34.6. The van der Waals surface area contributed by atoms with E-state index in [1.807, 2.05) is 72.8 Å². The highest BCUT2D eigenvalue weighted by Gasteiger charge is 2.60. The molecule has 50 heavy (non-hydrogen) atoms. The van der Waals surface area contributed by atoms with Crippen molar-refractivity contribution in [1.82, 2.24) is 0 Å². The van der Waals surface area contributed by atoms with Gasteiger partial charge in [0.25, 0.3) is 0 Å². The van der Waals surface area contributed by atoms with Crippen molar-refractivity contribution in [3.8, 4) is 0 Å². The molecule has 3 aromatic carbocycles. The minimum Gasteiger partial charge on any atom is -0.342 e. The number of phosphoric ester groups is 3. The van der Waals surface area contributed by atoms with Gasteiger partial charge < -0.3 is 9.47 Å². The van der Waals surface area contributed by atoms with E-state index < -0.39 is 59.8 Å². The maximum atomic E-state index is 14.2. The quantitative estimate of drug-likeness (QED) is 0.227. The molecule has 14 nitrogen and oxygen atoms in total. The number of ether oxygens (including phenoxy) is 2. The Balaban J connectivity index is 1.10. The Morgan fingerprint density at radius 2 is 0.820 bits per heavy atom. The number of rotatable bonds is 6. The second-order valence-electron chi connectivity index (χ2n) is 12.9. The molecular formula is C33H37O14P3. The SMILES string of the molecule is CC1(C)O[C@H]2[C@@H](O1)[C@@H](OP1(=O)OCc3ccccc3CO1)C[C@@H](OP1(=O)OCc3ccccc3CO1)[C@@H]2OP1(=O)OCc2ccccc2CO1. The van der Waals surface area contributed by atoms with Crippen molar-refractivity contribution in [2.45, 2.75) is 96.2 Å². The van der Waals surface area contributed by atoms with Crippen molar-refractivity contribution in [1.29, 1.82) is 0 Å². The van der Waals surface area contributed by atoms with Crippen LogP contribution < -0.4 is 0 Å². The molecule has 0 spiro atoms. The van der Waals surface area contributed by atoms with Gasteiger partial charge in [0.15, 0.2) is 5.79 Å². The zero-order valence-corrected chi connectivity index (χ0v) is 30.0. The van der Waals surface area contributed by atoms with E-state index in [1.165, 1.54) is 0 Å². The fourth-order valence-electron chi connectivity index (χ4n) is 6.59. The van der Waals surface area contributed by atoms with Crippen molar-refractivity contribution in [2.24, 2.45) is 0 Å². The van der Waals surface area contributed by atoms with E-state index >= 15 is 0 Å². The predicted molar refractivity (Wildman–Crippen MR) is 174 cm³/mol. The first-order valence-electron chi connectivity index (χ1n) is 16.3. The van der Waals surface area contributed by atoms with E-state index in [9.17, 15) is 13.7 Å². The van der Waals surface area contributed by atoms with Gasteiger partial charge in [-0.3, -0.25) is 40.7 Å². The highest BCUT2D eigenvalue weighted by atomic mass is 31.2. The van der Waals surface area contributed by atoms with Gasteiger partial charge in [0.1, 0.15) is 30.5 Å². The molecule has 0 amide bonds. The van der Waals surface area contributed by atoms with Gasteiger partial charge in [0.2, 0.25) is 0 Å². The largest absolute Gasteiger partial charge is 0.475 e. The second-order valence-corrected chi connectivity index (χ2v) is 17.8. The highest BCUT2D eigenvalue weighted by molar-refractivity contribution is 7.49. The molecule has 2 fully saturated rings. The monoisotopic (exact) mass is 750 g/mol. The maximum Gasteiger partial charge on any atom is 0.475 e. The normalized spacial score (nSPS) is 30.7. The first-order valence-corrected chi connectivity index (χ1v) is 20.6.